The molecule has 0 spiro atoms. The molecule has 7 nitrogen and oxygen atoms in total. The van der Waals surface area contributed by atoms with Crippen LogP contribution in [0.1, 0.15) is 58.4 Å². The van der Waals surface area contributed by atoms with Crippen molar-refractivity contribution < 1.29 is 32.3 Å². The average Bonchev–Trinajstić information content (AvgIpc) is 2.82. The second kappa shape index (κ2) is 6.32. The van der Waals surface area contributed by atoms with E-state index in [2.05, 4.69) is 5.32 Å². The average molecular weight is 395 g/mol. The Kier molecular flexibility index (Phi) is 4.16. The molecule has 1 atom stereocenters. The highest BCUT2D eigenvalue weighted by Crippen LogP contribution is 2.42. The fraction of sp³-hybridized carbons (Fsp3) is 0.444. The Balaban J connectivity index is 1.79. The lowest BCUT2D eigenvalue weighted by molar-refractivity contribution is -0.138. The SMILES string of the molecule is O=C1CCC(N2C(=O)c3c(NC4CCC4)ccc(C(F)(F)F)c3C2=O)C(=O)N1. The quantitative estimate of drug-likeness (QED) is 0.764. The first-order valence-electron chi connectivity index (χ1n) is 8.91. The Labute approximate surface area is 157 Å². The number of piperidine rings is 1. The van der Waals surface area contributed by atoms with Crippen molar-refractivity contribution in [3.05, 3.63) is 28.8 Å². The summed E-state index contributed by atoms with van der Waals surface area (Å²) in [5, 5.41) is 5.05. The molecule has 2 heterocycles. The standard InChI is InChI=1S/C18H16F3N3O4/c19-18(20,21)9-4-5-10(22-8-2-1-3-8)14-13(9)16(27)24(17(14)28)11-6-7-12(25)23-15(11)26/h4-5,8,11,22H,1-3,6-7H2,(H,23,25,26). The first-order chi connectivity index (χ1) is 13.2. The highest BCUT2D eigenvalue weighted by atomic mass is 19.4. The number of carbonyl (C=O) groups excluding carboxylic acids is 4. The molecule has 4 rings (SSSR count). The largest absolute Gasteiger partial charge is 0.417 e. The van der Waals surface area contributed by atoms with Crippen molar-refractivity contribution in [3.8, 4) is 0 Å². The first kappa shape index (κ1) is 18.5. The van der Waals surface area contributed by atoms with E-state index in [0.29, 0.717) is 4.90 Å². The van der Waals surface area contributed by atoms with E-state index in [1.54, 1.807) is 0 Å². The molecule has 2 fully saturated rings. The van der Waals surface area contributed by atoms with Gasteiger partial charge in [-0.05, 0) is 37.8 Å². The fourth-order valence-corrected chi connectivity index (χ4v) is 3.72. The maximum atomic E-state index is 13.5. The topological polar surface area (TPSA) is 95.6 Å². The number of hydrogen-bond acceptors (Lipinski definition) is 5. The van der Waals surface area contributed by atoms with Gasteiger partial charge in [-0.2, -0.15) is 13.2 Å². The number of amides is 4. The van der Waals surface area contributed by atoms with E-state index in [1.807, 2.05) is 5.32 Å². The van der Waals surface area contributed by atoms with Crippen LogP contribution >= 0.6 is 0 Å². The van der Waals surface area contributed by atoms with Crippen LogP contribution in [0.4, 0.5) is 18.9 Å². The Hall–Kier alpha value is -2.91. The number of anilines is 1. The zero-order valence-corrected chi connectivity index (χ0v) is 14.6. The highest BCUT2D eigenvalue weighted by Gasteiger charge is 2.50. The predicted molar refractivity (Wildman–Crippen MR) is 89.4 cm³/mol. The number of halogens is 3. The van der Waals surface area contributed by atoms with E-state index in [-0.39, 0.29) is 30.1 Å². The Morgan fingerprint density at radius 1 is 1.00 bits per heavy atom. The van der Waals surface area contributed by atoms with Crippen LogP contribution in [0.5, 0.6) is 0 Å². The van der Waals surface area contributed by atoms with Gasteiger partial charge < -0.3 is 5.32 Å². The zero-order chi connectivity index (χ0) is 20.2. The zero-order valence-electron chi connectivity index (χ0n) is 14.6. The lowest BCUT2D eigenvalue weighted by atomic mass is 9.92. The van der Waals surface area contributed by atoms with Crippen molar-refractivity contribution in [1.29, 1.82) is 0 Å². The van der Waals surface area contributed by atoms with Crippen molar-refractivity contribution >= 4 is 29.3 Å². The van der Waals surface area contributed by atoms with Crippen LogP contribution in [0.3, 0.4) is 0 Å². The van der Waals surface area contributed by atoms with E-state index in [9.17, 15) is 32.3 Å². The second-order valence-electron chi connectivity index (χ2n) is 7.13. The smallest absolute Gasteiger partial charge is 0.382 e. The van der Waals surface area contributed by atoms with Crippen LogP contribution in [0.2, 0.25) is 0 Å². The Morgan fingerprint density at radius 2 is 1.68 bits per heavy atom. The molecule has 3 aliphatic rings. The predicted octanol–water partition coefficient (Wildman–Crippen LogP) is 2.07. The van der Waals surface area contributed by atoms with Crippen LogP contribution in [-0.2, 0) is 15.8 Å². The number of nitrogens with one attached hydrogen (secondary N) is 2. The molecule has 28 heavy (non-hydrogen) atoms. The van der Waals surface area contributed by atoms with Gasteiger partial charge >= 0.3 is 6.18 Å². The Bertz CT molecular complexity index is 908. The van der Waals surface area contributed by atoms with Crippen LogP contribution in [0.15, 0.2) is 12.1 Å². The number of nitrogens with zero attached hydrogens (tertiary/aromatic N) is 1. The molecule has 0 bridgehead atoms. The maximum Gasteiger partial charge on any atom is 0.417 e. The normalized spacial score (nSPS) is 22.8. The number of fused-ring (bicyclic) bond motifs is 1. The summed E-state index contributed by atoms with van der Waals surface area (Å²) >= 11 is 0. The van der Waals surface area contributed by atoms with Gasteiger partial charge in [-0.1, -0.05) is 0 Å². The molecule has 1 saturated heterocycles. The van der Waals surface area contributed by atoms with E-state index in [0.717, 1.165) is 31.4 Å². The molecule has 2 N–H and O–H groups in total. The fourth-order valence-electron chi connectivity index (χ4n) is 3.72. The van der Waals surface area contributed by atoms with Crippen molar-refractivity contribution in [1.82, 2.24) is 10.2 Å². The third kappa shape index (κ3) is 2.83. The summed E-state index contributed by atoms with van der Waals surface area (Å²) in [6.07, 6.45) is -2.47. The molecule has 4 amide bonds. The third-order valence-electron chi connectivity index (χ3n) is 5.36. The summed E-state index contributed by atoms with van der Waals surface area (Å²) < 4.78 is 40.5. The molecule has 1 aliphatic carbocycles. The van der Waals surface area contributed by atoms with Crippen molar-refractivity contribution in [2.24, 2.45) is 0 Å². The molecule has 0 aromatic heterocycles. The van der Waals surface area contributed by atoms with E-state index < -0.39 is 47.0 Å². The summed E-state index contributed by atoms with van der Waals surface area (Å²) in [7, 11) is 0. The molecular formula is C18H16F3N3O4. The van der Waals surface area contributed by atoms with Gasteiger partial charge in [0.2, 0.25) is 11.8 Å². The summed E-state index contributed by atoms with van der Waals surface area (Å²) in [6.45, 7) is 0. The Morgan fingerprint density at radius 3 is 2.25 bits per heavy atom. The number of imide groups is 2. The van der Waals surface area contributed by atoms with Crippen LogP contribution in [0.25, 0.3) is 0 Å². The number of alkyl halides is 3. The molecule has 1 saturated carbocycles. The van der Waals surface area contributed by atoms with Gasteiger partial charge in [-0.15, -0.1) is 0 Å². The summed E-state index contributed by atoms with van der Waals surface area (Å²) in [4.78, 5) is 49.8. The van der Waals surface area contributed by atoms with Crippen molar-refractivity contribution in [2.45, 2.75) is 50.4 Å². The van der Waals surface area contributed by atoms with Crippen molar-refractivity contribution in [2.75, 3.05) is 5.32 Å². The monoisotopic (exact) mass is 395 g/mol. The molecule has 148 valence electrons. The van der Waals surface area contributed by atoms with Crippen LogP contribution < -0.4 is 10.6 Å². The van der Waals surface area contributed by atoms with Crippen LogP contribution in [-0.4, -0.2) is 40.6 Å². The molecule has 1 aromatic carbocycles. The van der Waals surface area contributed by atoms with Crippen LogP contribution in [0, 0.1) is 0 Å². The van der Waals surface area contributed by atoms with Gasteiger partial charge in [0, 0.05) is 18.2 Å². The molecular weight excluding hydrogens is 379 g/mol. The number of benzene rings is 1. The lowest BCUT2D eigenvalue weighted by Crippen LogP contribution is -2.54. The third-order valence-corrected chi connectivity index (χ3v) is 5.36. The minimum absolute atomic E-state index is 0.0217. The minimum Gasteiger partial charge on any atom is -0.382 e. The summed E-state index contributed by atoms with van der Waals surface area (Å²) in [5.41, 5.74) is -2.17. The van der Waals surface area contributed by atoms with Gasteiger partial charge in [0.15, 0.2) is 0 Å². The summed E-state index contributed by atoms with van der Waals surface area (Å²) in [6, 6.07) is 0.633. The number of hydrogen-bond donors (Lipinski definition) is 2. The molecule has 1 aromatic rings. The van der Waals surface area contributed by atoms with E-state index >= 15 is 0 Å². The van der Waals surface area contributed by atoms with Gasteiger partial charge in [0.25, 0.3) is 11.8 Å². The minimum atomic E-state index is -4.84. The van der Waals surface area contributed by atoms with Gasteiger partial charge in [0.05, 0.1) is 16.7 Å². The second-order valence-corrected chi connectivity index (χ2v) is 7.13. The van der Waals surface area contributed by atoms with Crippen molar-refractivity contribution in [3.63, 3.8) is 0 Å². The van der Waals surface area contributed by atoms with Gasteiger partial charge in [-0.25, -0.2) is 0 Å². The van der Waals surface area contributed by atoms with Gasteiger partial charge in [0.1, 0.15) is 6.04 Å². The van der Waals surface area contributed by atoms with E-state index in [4.69, 9.17) is 0 Å². The first-order valence-corrected chi connectivity index (χ1v) is 8.91. The highest BCUT2D eigenvalue weighted by molar-refractivity contribution is 6.26. The lowest BCUT2D eigenvalue weighted by Gasteiger charge is -2.29. The molecule has 0 radical (unpaired) electrons. The maximum absolute atomic E-state index is 13.5. The van der Waals surface area contributed by atoms with E-state index in [1.165, 1.54) is 0 Å². The summed E-state index contributed by atoms with van der Waals surface area (Å²) in [5.74, 6) is -3.55. The van der Waals surface area contributed by atoms with Gasteiger partial charge in [-0.3, -0.25) is 29.4 Å². The molecule has 10 heteroatoms. The number of rotatable bonds is 3. The molecule has 2 aliphatic heterocycles. The molecule has 1 unspecified atom stereocenters. The number of carbonyl (C=O) groups is 4.